The molecular weight excluding hydrogens is 202 g/mol. The fraction of sp³-hybridized carbons (Fsp3) is 0.462. The van der Waals surface area contributed by atoms with E-state index in [1.54, 1.807) is 0 Å². The number of rotatable bonds is 4. The van der Waals surface area contributed by atoms with Gasteiger partial charge in [-0.2, -0.15) is 0 Å². The van der Waals surface area contributed by atoms with Crippen LogP contribution in [0.25, 0.3) is 0 Å². The molecule has 0 saturated heterocycles. The summed E-state index contributed by atoms with van der Waals surface area (Å²) in [6, 6.07) is 7.92. The third-order valence-electron chi connectivity index (χ3n) is 2.72. The van der Waals surface area contributed by atoms with Crippen LogP contribution in [0.3, 0.4) is 0 Å². The van der Waals surface area contributed by atoms with Crippen molar-refractivity contribution in [2.24, 2.45) is 0 Å². The van der Waals surface area contributed by atoms with Crippen LogP contribution in [0.1, 0.15) is 19.4 Å². The maximum atomic E-state index is 11.8. The van der Waals surface area contributed by atoms with Crippen molar-refractivity contribution in [3.8, 4) is 0 Å². The number of Topliss-reactive ketones (excluding diaryl/α,β-unsaturated/α-hetero) is 1. The molecule has 1 atom stereocenters. The molecule has 0 saturated carbocycles. The maximum absolute atomic E-state index is 11.8. The first-order valence-corrected chi connectivity index (χ1v) is 5.65. The van der Waals surface area contributed by atoms with Crippen LogP contribution < -0.4 is 5.32 Å². The standard InChI is InChI=1S/C13H17NO2/c1-9(2)16-8-13(15)12-7-10-5-3-4-6-11(10)14-12/h3-6,9,12,14H,7-8H2,1-2H3. The Labute approximate surface area is 95.8 Å². The Morgan fingerprint density at radius 3 is 2.94 bits per heavy atom. The molecular formula is C13H17NO2. The van der Waals surface area contributed by atoms with Crippen LogP contribution in [0.2, 0.25) is 0 Å². The number of ether oxygens (including phenoxy) is 1. The molecule has 1 aromatic rings. The molecule has 0 aromatic heterocycles. The number of nitrogens with one attached hydrogen (secondary N) is 1. The van der Waals surface area contributed by atoms with Gasteiger partial charge in [-0.25, -0.2) is 0 Å². The predicted octanol–water partition coefficient (Wildman–Crippen LogP) is 2.02. The first-order chi connectivity index (χ1) is 7.66. The number of ketones is 1. The van der Waals surface area contributed by atoms with E-state index < -0.39 is 0 Å². The molecule has 0 aliphatic carbocycles. The van der Waals surface area contributed by atoms with Gasteiger partial charge in [-0.05, 0) is 25.5 Å². The van der Waals surface area contributed by atoms with Crippen LogP contribution in [0.15, 0.2) is 24.3 Å². The van der Waals surface area contributed by atoms with Crippen LogP contribution in [0.4, 0.5) is 5.69 Å². The molecule has 0 bridgehead atoms. The van der Waals surface area contributed by atoms with Gasteiger partial charge < -0.3 is 10.1 Å². The molecule has 1 N–H and O–H groups in total. The summed E-state index contributed by atoms with van der Waals surface area (Å²) >= 11 is 0. The lowest BCUT2D eigenvalue weighted by Gasteiger charge is -2.12. The Balaban J connectivity index is 1.93. The van der Waals surface area contributed by atoms with Gasteiger partial charge in [0.25, 0.3) is 0 Å². The molecule has 86 valence electrons. The Morgan fingerprint density at radius 2 is 2.25 bits per heavy atom. The lowest BCUT2D eigenvalue weighted by atomic mass is 10.1. The third kappa shape index (κ3) is 2.42. The van der Waals surface area contributed by atoms with E-state index in [1.165, 1.54) is 5.56 Å². The molecule has 0 radical (unpaired) electrons. The fourth-order valence-corrected chi connectivity index (χ4v) is 1.84. The molecule has 2 rings (SSSR count). The van der Waals surface area contributed by atoms with Crippen molar-refractivity contribution >= 4 is 11.5 Å². The molecule has 3 nitrogen and oxygen atoms in total. The van der Waals surface area contributed by atoms with Crippen molar-refractivity contribution in [1.29, 1.82) is 0 Å². The van der Waals surface area contributed by atoms with Gasteiger partial charge >= 0.3 is 0 Å². The van der Waals surface area contributed by atoms with E-state index in [2.05, 4.69) is 11.4 Å². The maximum Gasteiger partial charge on any atom is 0.180 e. The summed E-state index contributed by atoms with van der Waals surface area (Å²) < 4.78 is 5.33. The van der Waals surface area contributed by atoms with Gasteiger partial charge in [0.15, 0.2) is 5.78 Å². The molecule has 1 aliphatic heterocycles. The number of hydrogen-bond acceptors (Lipinski definition) is 3. The van der Waals surface area contributed by atoms with Crippen LogP contribution in [0, 0.1) is 0 Å². The largest absolute Gasteiger partial charge is 0.375 e. The van der Waals surface area contributed by atoms with E-state index >= 15 is 0 Å². The Hall–Kier alpha value is -1.35. The zero-order chi connectivity index (χ0) is 11.5. The summed E-state index contributed by atoms with van der Waals surface area (Å²) in [7, 11) is 0. The second-order valence-electron chi connectivity index (χ2n) is 4.38. The second-order valence-corrected chi connectivity index (χ2v) is 4.38. The highest BCUT2D eigenvalue weighted by Crippen LogP contribution is 2.25. The van der Waals surface area contributed by atoms with Gasteiger partial charge in [-0.1, -0.05) is 18.2 Å². The topological polar surface area (TPSA) is 38.3 Å². The summed E-state index contributed by atoms with van der Waals surface area (Å²) in [5.74, 6) is 0.130. The average molecular weight is 219 g/mol. The van der Waals surface area contributed by atoms with Crippen LogP contribution in [-0.4, -0.2) is 24.5 Å². The number of benzene rings is 1. The van der Waals surface area contributed by atoms with E-state index in [0.29, 0.717) is 0 Å². The van der Waals surface area contributed by atoms with Gasteiger partial charge in [-0.3, -0.25) is 4.79 Å². The normalized spacial score (nSPS) is 18.3. The number of carbonyl (C=O) groups excluding carboxylic acids is 1. The first-order valence-electron chi connectivity index (χ1n) is 5.65. The molecule has 0 fully saturated rings. The minimum absolute atomic E-state index is 0.104. The average Bonchev–Trinajstić information content (AvgIpc) is 2.69. The number of anilines is 1. The van der Waals surface area contributed by atoms with E-state index in [9.17, 15) is 4.79 Å². The van der Waals surface area contributed by atoms with Crippen molar-refractivity contribution in [3.05, 3.63) is 29.8 Å². The van der Waals surface area contributed by atoms with Crippen molar-refractivity contribution in [2.45, 2.75) is 32.4 Å². The Morgan fingerprint density at radius 1 is 1.50 bits per heavy atom. The first kappa shape index (κ1) is 11.1. The quantitative estimate of drug-likeness (QED) is 0.842. The SMILES string of the molecule is CC(C)OCC(=O)C1Cc2ccccc2N1. The van der Waals surface area contributed by atoms with Gasteiger partial charge in [0, 0.05) is 12.1 Å². The summed E-state index contributed by atoms with van der Waals surface area (Å²) in [6.45, 7) is 4.07. The zero-order valence-corrected chi connectivity index (χ0v) is 9.69. The molecule has 3 heteroatoms. The Kier molecular flexibility index (Phi) is 3.25. The van der Waals surface area contributed by atoms with Crippen LogP contribution in [-0.2, 0) is 16.0 Å². The monoisotopic (exact) mass is 219 g/mol. The predicted molar refractivity (Wildman–Crippen MR) is 63.7 cm³/mol. The van der Waals surface area contributed by atoms with E-state index in [-0.39, 0.29) is 24.5 Å². The van der Waals surface area contributed by atoms with E-state index in [4.69, 9.17) is 4.74 Å². The number of hydrogen-bond donors (Lipinski definition) is 1. The van der Waals surface area contributed by atoms with Crippen molar-refractivity contribution in [1.82, 2.24) is 0 Å². The van der Waals surface area contributed by atoms with Crippen molar-refractivity contribution in [2.75, 3.05) is 11.9 Å². The van der Waals surface area contributed by atoms with Gasteiger partial charge in [0.2, 0.25) is 0 Å². The highest BCUT2D eigenvalue weighted by molar-refractivity contribution is 5.90. The molecule has 1 unspecified atom stereocenters. The Bertz CT molecular complexity index is 362. The fourth-order valence-electron chi connectivity index (χ4n) is 1.84. The van der Waals surface area contributed by atoms with Gasteiger partial charge in [0.05, 0.1) is 12.1 Å². The van der Waals surface area contributed by atoms with Crippen molar-refractivity contribution in [3.63, 3.8) is 0 Å². The molecule has 1 aliphatic rings. The van der Waals surface area contributed by atoms with Gasteiger partial charge in [-0.15, -0.1) is 0 Å². The highest BCUT2D eigenvalue weighted by atomic mass is 16.5. The summed E-state index contributed by atoms with van der Waals surface area (Å²) in [5, 5.41) is 3.23. The number of para-hydroxylation sites is 1. The van der Waals surface area contributed by atoms with Gasteiger partial charge in [0.1, 0.15) is 6.61 Å². The van der Waals surface area contributed by atoms with Crippen LogP contribution >= 0.6 is 0 Å². The molecule has 0 amide bonds. The zero-order valence-electron chi connectivity index (χ0n) is 9.69. The van der Waals surface area contributed by atoms with E-state index in [0.717, 1.165) is 12.1 Å². The lowest BCUT2D eigenvalue weighted by molar-refractivity contribution is -0.125. The smallest absolute Gasteiger partial charge is 0.180 e. The summed E-state index contributed by atoms with van der Waals surface area (Å²) in [4.78, 5) is 11.8. The molecule has 0 spiro atoms. The number of carbonyl (C=O) groups is 1. The highest BCUT2D eigenvalue weighted by Gasteiger charge is 2.26. The minimum atomic E-state index is -0.115. The number of fused-ring (bicyclic) bond motifs is 1. The molecule has 1 aromatic carbocycles. The summed E-state index contributed by atoms with van der Waals surface area (Å²) in [6.07, 6.45) is 0.879. The molecule has 16 heavy (non-hydrogen) atoms. The molecule has 1 heterocycles. The van der Waals surface area contributed by atoms with Crippen LogP contribution in [0.5, 0.6) is 0 Å². The second kappa shape index (κ2) is 4.66. The van der Waals surface area contributed by atoms with E-state index in [1.807, 2.05) is 32.0 Å². The summed E-state index contributed by atoms with van der Waals surface area (Å²) in [5.41, 5.74) is 2.29. The minimum Gasteiger partial charge on any atom is -0.375 e. The van der Waals surface area contributed by atoms with Crippen molar-refractivity contribution < 1.29 is 9.53 Å². The third-order valence-corrected chi connectivity index (χ3v) is 2.72. The lowest BCUT2D eigenvalue weighted by Crippen LogP contribution is -2.31.